The fourth-order valence-electron chi connectivity index (χ4n) is 2.85. The first-order chi connectivity index (χ1) is 11.2. The molecule has 126 valence electrons. The lowest BCUT2D eigenvalue weighted by molar-refractivity contribution is 0.0993. The average molecular weight is 325 g/mol. The molecule has 1 aromatic heterocycles. The predicted octanol–water partition coefficient (Wildman–Crippen LogP) is 3.19. The van der Waals surface area contributed by atoms with Crippen LogP contribution in [0, 0.1) is 0 Å². The average Bonchev–Trinajstić information content (AvgIpc) is 2.53. The minimum atomic E-state index is -0.690. The second-order valence-electron chi connectivity index (χ2n) is 6.44. The number of nitrogens with two attached hydrogens (primary N) is 2. The minimum absolute atomic E-state index is 0.0284. The molecule has 0 aliphatic carbocycles. The molecule has 0 aliphatic heterocycles. The van der Waals surface area contributed by atoms with Crippen molar-refractivity contribution in [3.05, 3.63) is 52.8 Å². The van der Waals surface area contributed by atoms with E-state index in [9.17, 15) is 9.59 Å². The highest BCUT2D eigenvalue weighted by Gasteiger charge is 2.21. The Morgan fingerprint density at radius 3 is 1.83 bits per heavy atom. The molecule has 2 amide bonds. The number of carbonyl (C=O) groups excluding carboxylic acids is 2. The van der Waals surface area contributed by atoms with E-state index < -0.39 is 11.8 Å². The van der Waals surface area contributed by atoms with Gasteiger partial charge in [0, 0.05) is 5.56 Å². The van der Waals surface area contributed by atoms with E-state index in [4.69, 9.17) is 11.5 Å². The van der Waals surface area contributed by atoms with Crippen LogP contribution in [-0.2, 0) is 0 Å². The lowest BCUT2D eigenvalue weighted by Gasteiger charge is -2.21. The van der Waals surface area contributed by atoms with Crippen molar-refractivity contribution < 1.29 is 9.59 Å². The zero-order valence-electron chi connectivity index (χ0n) is 14.5. The number of nitrogens with zero attached hydrogens (tertiary/aromatic N) is 1. The summed E-state index contributed by atoms with van der Waals surface area (Å²) < 4.78 is 0. The van der Waals surface area contributed by atoms with E-state index in [0.29, 0.717) is 5.56 Å². The molecule has 0 spiro atoms. The van der Waals surface area contributed by atoms with Crippen molar-refractivity contribution in [2.75, 3.05) is 0 Å². The van der Waals surface area contributed by atoms with Gasteiger partial charge in [-0.05, 0) is 40.7 Å². The highest BCUT2D eigenvalue weighted by molar-refractivity contribution is 6.01. The van der Waals surface area contributed by atoms with Gasteiger partial charge < -0.3 is 11.5 Å². The molecule has 0 bridgehead atoms. The number of hydrogen-bond acceptors (Lipinski definition) is 3. The fraction of sp³-hybridized carbons (Fsp3) is 0.316. The van der Waals surface area contributed by atoms with Gasteiger partial charge in [-0.25, -0.2) is 4.98 Å². The molecule has 1 aromatic carbocycles. The molecule has 0 saturated carbocycles. The van der Waals surface area contributed by atoms with Gasteiger partial charge in [-0.2, -0.15) is 0 Å². The molecule has 0 aliphatic rings. The predicted molar refractivity (Wildman–Crippen MR) is 94.9 cm³/mol. The van der Waals surface area contributed by atoms with Gasteiger partial charge >= 0.3 is 0 Å². The topological polar surface area (TPSA) is 99.1 Å². The van der Waals surface area contributed by atoms with Crippen LogP contribution >= 0.6 is 0 Å². The summed E-state index contributed by atoms with van der Waals surface area (Å²) in [5, 5.41) is 0. The molecule has 0 unspecified atom stereocenters. The third-order valence-electron chi connectivity index (χ3n) is 4.02. The Bertz CT molecular complexity index is 769. The summed E-state index contributed by atoms with van der Waals surface area (Å²) in [4.78, 5) is 27.4. The van der Waals surface area contributed by atoms with Crippen molar-refractivity contribution in [3.63, 3.8) is 0 Å². The van der Waals surface area contributed by atoms with Crippen LogP contribution in [0.15, 0.2) is 30.3 Å². The Morgan fingerprint density at radius 1 is 0.875 bits per heavy atom. The van der Waals surface area contributed by atoms with Gasteiger partial charge in [-0.1, -0.05) is 45.9 Å². The van der Waals surface area contributed by atoms with Crippen LogP contribution in [0.3, 0.4) is 0 Å². The number of aromatic nitrogens is 1. The van der Waals surface area contributed by atoms with Gasteiger partial charge in [-0.15, -0.1) is 0 Å². The molecule has 0 saturated heterocycles. The monoisotopic (exact) mass is 325 g/mol. The number of carbonyl (C=O) groups is 2. The van der Waals surface area contributed by atoms with E-state index in [0.717, 1.165) is 16.7 Å². The number of primary amides is 2. The van der Waals surface area contributed by atoms with E-state index in [2.05, 4.69) is 32.7 Å². The molecular formula is C19H23N3O2. The van der Waals surface area contributed by atoms with Crippen LogP contribution < -0.4 is 11.5 Å². The maximum absolute atomic E-state index is 11.9. The molecule has 5 heteroatoms. The van der Waals surface area contributed by atoms with Crippen LogP contribution in [0.2, 0.25) is 0 Å². The van der Waals surface area contributed by atoms with Crippen molar-refractivity contribution in [1.29, 1.82) is 0 Å². The Balaban J connectivity index is 2.85. The second kappa shape index (κ2) is 6.83. The van der Waals surface area contributed by atoms with Gasteiger partial charge in [0.2, 0.25) is 0 Å². The normalized spacial score (nSPS) is 11.1. The van der Waals surface area contributed by atoms with E-state index in [-0.39, 0.29) is 23.2 Å². The van der Waals surface area contributed by atoms with E-state index >= 15 is 0 Å². The van der Waals surface area contributed by atoms with Gasteiger partial charge in [0.1, 0.15) is 11.4 Å². The highest BCUT2D eigenvalue weighted by atomic mass is 16.1. The lowest BCUT2D eigenvalue weighted by Crippen LogP contribution is -2.20. The number of amides is 2. The van der Waals surface area contributed by atoms with E-state index in [1.165, 1.54) is 6.07 Å². The highest BCUT2D eigenvalue weighted by Crippen LogP contribution is 2.37. The van der Waals surface area contributed by atoms with Crippen LogP contribution in [0.5, 0.6) is 0 Å². The zero-order valence-corrected chi connectivity index (χ0v) is 14.5. The van der Waals surface area contributed by atoms with Crippen LogP contribution in [0.1, 0.15) is 71.6 Å². The first-order valence-corrected chi connectivity index (χ1v) is 7.97. The van der Waals surface area contributed by atoms with E-state index in [1.807, 2.05) is 18.2 Å². The maximum atomic E-state index is 11.9. The molecule has 2 aromatic rings. The van der Waals surface area contributed by atoms with Gasteiger partial charge in [-0.3, -0.25) is 9.59 Å². The van der Waals surface area contributed by atoms with Crippen molar-refractivity contribution in [2.24, 2.45) is 11.5 Å². The molecule has 0 atom stereocenters. The SMILES string of the molecule is CC(C)c1cccc(C(C)C)c1-c1ccc(C(N)=O)nc1C(N)=O. The van der Waals surface area contributed by atoms with Crippen LogP contribution in [0.4, 0.5) is 0 Å². The summed E-state index contributed by atoms with van der Waals surface area (Å²) in [7, 11) is 0. The Labute approximate surface area is 142 Å². The minimum Gasteiger partial charge on any atom is -0.364 e. The molecule has 0 radical (unpaired) electrons. The van der Waals surface area contributed by atoms with Gasteiger partial charge in [0.15, 0.2) is 0 Å². The number of benzene rings is 1. The molecule has 0 fully saturated rings. The molecule has 5 nitrogen and oxygen atoms in total. The number of hydrogen-bond donors (Lipinski definition) is 2. The van der Waals surface area contributed by atoms with Crippen LogP contribution in [0.25, 0.3) is 11.1 Å². The lowest BCUT2D eigenvalue weighted by atomic mass is 9.84. The maximum Gasteiger partial charge on any atom is 0.267 e. The Morgan fingerprint density at radius 2 is 1.42 bits per heavy atom. The summed E-state index contributed by atoms with van der Waals surface area (Å²) >= 11 is 0. The summed E-state index contributed by atoms with van der Waals surface area (Å²) in [6.45, 7) is 8.38. The van der Waals surface area contributed by atoms with Gasteiger partial charge in [0.25, 0.3) is 11.8 Å². The molecule has 24 heavy (non-hydrogen) atoms. The van der Waals surface area contributed by atoms with E-state index in [1.54, 1.807) is 6.07 Å². The smallest absolute Gasteiger partial charge is 0.267 e. The zero-order chi connectivity index (χ0) is 18.0. The first kappa shape index (κ1) is 17.7. The summed E-state index contributed by atoms with van der Waals surface area (Å²) in [6.07, 6.45) is 0. The summed E-state index contributed by atoms with van der Waals surface area (Å²) in [5.41, 5.74) is 14.7. The third kappa shape index (κ3) is 3.30. The number of rotatable bonds is 5. The molecular weight excluding hydrogens is 302 g/mol. The molecule has 2 rings (SSSR count). The van der Waals surface area contributed by atoms with Crippen molar-refractivity contribution in [3.8, 4) is 11.1 Å². The van der Waals surface area contributed by atoms with Crippen LogP contribution in [-0.4, -0.2) is 16.8 Å². The van der Waals surface area contributed by atoms with Crippen molar-refractivity contribution in [2.45, 2.75) is 39.5 Å². The second-order valence-corrected chi connectivity index (χ2v) is 6.44. The standard InChI is InChI=1S/C19H23N3O2/c1-10(2)12-6-5-7-13(11(3)4)16(12)14-8-9-15(18(20)23)22-17(14)19(21)24/h5-11H,1-4H3,(H2,20,23)(H2,21,24). The largest absolute Gasteiger partial charge is 0.364 e. The molecule has 1 heterocycles. The summed E-state index contributed by atoms with van der Waals surface area (Å²) in [6, 6.07) is 9.34. The summed E-state index contributed by atoms with van der Waals surface area (Å²) in [5.74, 6) is -0.850. The molecule has 4 N–H and O–H groups in total. The number of pyridine rings is 1. The first-order valence-electron chi connectivity index (χ1n) is 7.97. The fourth-order valence-corrected chi connectivity index (χ4v) is 2.85. The Hall–Kier alpha value is -2.69. The van der Waals surface area contributed by atoms with Crippen molar-refractivity contribution >= 4 is 11.8 Å². The third-order valence-corrected chi connectivity index (χ3v) is 4.02. The quantitative estimate of drug-likeness (QED) is 0.883. The van der Waals surface area contributed by atoms with Gasteiger partial charge in [0.05, 0.1) is 0 Å². The Kier molecular flexibility index (Phi) is 5.02. The van der Waals surface area contributed by atoms with Crippen molar-refractivity contribution in [1.82, 2.24) is 4.98 Å².